The third kappa shape index (κ3) is 4.25. The molecule has 4 rings (SSSR count). The number of aryl methyl sites for hydroxylation is 1. The molecule has 6 heteroatoms. The van der Waals surface area contributed by atoms with Crippen LogP contribution >= 0.6 is 0 Å². The van der Waals surface area contributed by atoms with Gasteiger partial charge >= 0.3 is 0 Å². The summed E-state index contributed by atoms with van der Waals surface area (Å²) in [5, 5.41) is 6.24. The first kappa shape index (κ1) is 21.3. The molecule has 0 aliphatic heterocycles. The number of fused-ring (bicyclic) bond motifs is 3. The quantitative estimate of drug-likeness (QED) is 0.235. The Labute approximate surface area is 186 Å². The fourth-order valence-electron chi connectivity index (χ4n) is 4.20. The maximum atomic E-state index is 12.3. The van der Waals surface area contributed by atoms with Crippen LogP contribution in [0.5, 0.6) is 0 Å². The van der Waals surface area contributed by atoms with E-state index in [0.29, 0.717) is 6.42 Å². The maximum Gasteiger partial charge on any atom is 0.224 e. The largest absolute Gasteiger partial charge is 0.399 e. The van der Waals surface area contributed by atoms with Crippen LogP contribution in [-0.2, 0) is 16.1 Å². The summed E-state index contributed by atoms with van der Waals surface area (Å²) in [5.41, 5.74) is 16.0. The van der Waals surface area contributed by atoms with Crippen molar-refractivity contribution in [2.24, 2.45) is 5.73 Å². The van der Waals surface area contributed by atoms with Gasteiger partial charge in [0.1, 0.15) is 6.54 Å². The lowest BCUT2D eigenvalue weighted by atomic mass is 9.98. The Hall–Kier alpha value is -3.93. The van der Waals surface area contributed by atoms with E-state index in [2.05, 4.69) is 35.0 Å². The van der Waals surface area contributed by atoms with Gasteiger partial charge in [0.2, 0.25) is 23.0 Å². The van der Waals surface area contributed by atoms with E-state index in [1.54, 1.807) is 0 Å². The fraction of sp³-hybridized carbons (Fsp3) is 0.192. The highest BCUT2D eigenvalue weighted by Crippen LogP contribution is 2.33. The maximum absolute atomic E-state index is 12.3. The number of hydrogen-bond acceptors (Lipinski definition) is 3. The molecule has 0 aliphatic carbocycles. The molecule has 2 amide bonds. The third-order valence-electron chi connectivity index (χ3n) is 5.62. The molecule has 1 heterocycles. The Morgan fingerprint density at radius 2 is 1.66 bits per heavy atom. The molecular formula is C26H27N4O2+. The molecule has 0 unspecified atom stereocenters. The van der Waals surface area contributed by atoms with Crippen molar-refractivity contribution in [2.45, 2.75) is 32.7 Å². The second kappa shape index (κ2) is 9.06. The van der Waals surface area contributed by atoms with Crippen LogP contribution in [0.4, 0.5) is 11.4 Å². The van der Waals surface area contributed by atoms with E-state index in [-0.39, 0.29) is 18.7 Å². The molecule has 0 atom stereocenters. The molecule has 162 valence electrons. The van der Waals surface area contributed by atoms with Gasteiger partial charge in [-0.05, 0) is 49.7 Å². The Kier molecular flexibility index (Phi) is 6.03. The monoisotopic (exact) mass is 427 g/mol. The number of aromatic nitrogens is 1. The number of amides is 2. The molecule has 0 spiro atoms. The van der Waals surface area contributed by atoms with E-state index in [9.17, 15) is 9.59 Å². The van der Waals surface area contributed by atoms with Crippen molar-refractivity contribution < 1.29 is 14.2 Å². The van der Waals surface area contributed by atoms with Gasteiger partial charge in [-0.25, -0.2) is 0 Å². The molecule has 0 radical (unpaired) electrons. The zero-order valence-corrected chi connectivity index (χ0v) is 18.1. The number of rotatable bonds is 7. The van der Waals surface area contributed by atoms with Gasteiger partial charge in [-0.1, -0.05) is 24.3 Å². The molecule has 4 aromatic rings. The second-order valence-electron chi connectivity index (χ2n) is 7.86. The van der Waals surface area contributed by atoms with Crippen molar-refractivity contribution >= 4 is 44.9 Å². The lowest BCUT2D eigenvalue weighted by Gasteiger charge is -2.13. The molecule has 0 saturated carbocycles. The first-order valence-electron chi connectivity index (χ1n) is 10.8. The molecule has 0 fully saturated rings. The summed E-state index contributed by atoms with van der Waals surface area (Å²) in [6.07, 6.45) is 0.894. The predicted molar refractivity (Wildman–Crippen MR) is 129 cm³/mol. The SMILES string of the molecule is CC[n+]1c(-c2ccccc2)c2cc(N)ccc2c2ccc(NC(=O)CCCC(N)=O)cc21. The Morgan fingerprint density at radius 3 is 2.38 bits per heavy atom. The normalized spacial score (nSPS) is 11.0. The van der Waals surface area contributed by atoms with Crippen LogP contribution in [0, 0.1) is 0 Å². The van der Waals surface area contributed by atoms with Crippen LogP contribution in [0.2, 0.25) is 0 Å². The highest BCUT2D eigenvalue weighted by molar-refractivity contribution is 6.10. The molecular weight excluding hydrogens is 400 g/mol. The lowest BCUT2D eigenvalue weighted by molar-refractivity contribution is -0.655. The van der Waals surface area contributed by atoms with Crippen LogP contribution in [-0.4, -0.2) is 11.8 Å². The average molecular weight is 428 g/mol. The number of pyridine rings is 1. The van der Waals surface area contributed by atoms with Crippen molar-refractivity contribution in [3.63, 3.8) is 0 Å². The molecule has 3 aromatic carbocycles. The number of nitrogens with two attached hydrogens (primary N) is 2. The Morgan fingerprint density at radius 1 is 0.906 bits per heavy atom. The average Bonchev–Trinajstić information content (AvgIpc) is 2.78. The van der Waals surface area contributed by atoms with E-state index in [4.69, 9.17) is 11.5 Å². The van der Waals surface area contributed by atoms with Crippen molar-refractivity contribution in [1.82, 2.24) is 0 Å². The molecule has 5 N–H and O–H groups in total. The topological polar surface area (TPSA) is 102 Å². The van der Waals surface area contributed by atoms with Crippen molar-refractivity contribution in [2.75, 3.05) is 11.1 Å². The molecule has 0 saturated heterocycles. The number of carbonyl (C=O) groups is 2. The summed E-state index contributed by atoms with van der Waals surface area (Å²) in [7, 11) is 0. The zero-order valence-electron chi connectivity index (χ0n) is 18.1. The standard InChI is InChI=1S/C26H26N4O2/c1-2-30-23-16-19(29-25(32)10-6-9-24(28)31)12-14-21(23)20-13-11-18(27)15-22(20)26(30)17-7-4-3-5-8-17/h3-5,7-8,11-16H,2,6,9-10,27H2,1H3,(H2,28,31)/p+1. The summed E-state index contributed by atoms with van der Waals surface area (Å²) in [6.45, 7) is 2.86. The van der Waals surface area contributed by atoms with Gasteiger partial charge in [0.25, 0.3) is 0 Å². The number of nitrogens with one attached hydrogen (secondary N) is 1. The smallest absolute Gasteiger partial charge is 0.224 e. The van der Waals surface area contributed by atoms with E-state index < -0.39 is 5.91 Å². The van der Waals surface area contributed by atoms with E-state index >= 15 is 0 Å². The Balaban J connectivity index is 1.85. The summed E-state index contributed by atoms with van der Waals surface area (Å²) >= 11 is 0. The molecule has 0 bridgehead atoms. The first-order chi connectivity index (χ1) is 15.5. The summed E-state index contributed by atoms with van der Waals surface area (Å²) in [4.78, 5) is 23.3. The molecule has 1 aromatic heterocycles. The number of nitrogen functional groups attached to an aromatic ring is 1. The minimum atomic E-state index is -0.395. The molecule has 6 nitrogen and oxygen atoms in total. The van der Waals surface area contributed by atoms with Gasteiger partial charge in [-0.2, -0.15) is 4.57 Å². The van der Waals surface area contributed by atoms with Gasteiger partial charge < -0.3 is 16.8 Å². The third-order valence-corrected chi connectivity index (χ3v) is 5.62. The van der Waals surface area contributed by atoms with E-state index in [1.807, 2.05) is 48.5 Å². The highest BCUT2D eigenvalue weighted by atomic mass is 16.2. The minimum absolute atomic E-state index is 0.134. The van der Waals surface area contributed by atoms with Gasteiger partial charge in [0, 0.05) is 41.2 Å². The van der Waals surface area contributed by atoms with Crippen LogP contribution in [0.1, 0.15) is 26.2 Å². The fourth-order valence-corrected chi connectivity index (χ4v) is 4.20. The minimum Gasteiger partial charge on any atom is -0.399 e. The van der Waals surface area contributed by atoms with Crippen LogP contribution in [0.3, 0.4) is 0 Å². The summed E-state index contributed by atoms with van der Waals surface area (Å²) in [5.74, 6) is -0.529. The van der Waals surface area contributed by atoms with Crippen molar-refractivity contribution in [1.29, 1.82) is 0 Å². The number of primary amides is 1. The van der Waals surface area contributed by atoms with Crippen LogP contribution in [0.15, 0.2) is 66.7 Å². The van der Waals surface area contributed by atoms with Crippen LogP contribution < -0.4 is 21.4 Å². The second-order valence-corrected chi connectivity index (χ2v) is 7.86. The van der Waals surface area contributed by atoms with Crippen LogP contribution in [0.25, 0.3) is 32.9 Å². The van der Waals surface area contributed by atoms with Gasteiger partial charge in [-0.3, -0.25) is 9.59 Å². The number of nitrogens with zero attached hydrogens (tertiary/aromatic N) is 1. The zero-order chi connectivity index (χ0) is 22.7. The number of anilines is 2. The number of hydrogen-bond donors (Lipinski definition) is 3. The van der Waals surface area contributed by atoms with Gasteiger partial charge in [0.05, 0.1) is 10.8 Å². The van der Waals surface area contributed by atoms with E-state index in [0.717, 1.165) is 50.9 Å². The van der Waals surface area contributed by atoms with E-state index in [1.165, 1.54) is 0 Å². The lowest BCUT2D eigenvalue weighted by Crippen LogP contribution is -2.36. The number of carbonyl (C=O) groups excluding carboxylic acids is 2. The highest BCUT2D eigenvalue weighted by Gasteiger charge is 2.23. The molecule has 0 aliphatic rings. The molecule has 32 heavy (non-hydrogen) atoms. The summed E-state index contributed by atoms with van der Waals surface area (Å²) < 4.78 is 2.26. The van der Waals surface area contributed by atoms with Gasteiger partial charge in [-0.15, -0.1) is 0 Å². The number of benzene rings is 3. The Bertz CT molecular complexity index is 1320. The summed E-state index contributed by atoms with van der Waals surface area (Å²) in [6, 6.07) is 22.2. The van der Waals surface area contributed by atoms with Gasteiger partial charge in [0.15, 0.2) is 0 Å². The van der Waals surface area contributed by atoms with Crippen molar-refractivity contribution in [3.8, 4) is 11.3 Å². The van der Waals surface area contributed by atoms with Crippen molar-refractivity contribution in [3.05, 3.63) is 66.7 Å². The predicted octanol–water partition coefficient (Wildman–Crippen LogP) is 4.14. The first-order valence-corrected chi connectivity index (χ1v) is 10.8.